The molecule has 0 aliphatic rings. The van der Waals surface area contributed by atoms with Crippen LogP contribution in [0.2, 0.25) is 0 Å². The zero-order chi connectivity index (χ0) is 12.8. The number of hydrogen-bond acceptors (Lipinski definition) is 4. The first kappa shape index (κ1) is 12.7. The summed E-state index contributed by atoms with van der Waals surface area (Å²) in [6, 6.07) is 6.08. The van der Waals surface area contributed by atoms with E-state index in [1.54, 1.807) is 12.1 Å². The van der Waals surface area contributed by atoms with Crippen LogP contribution in [0.1, 0.15) is 17.3 Å². The molecule has 6 nitrogen and oxygen atoms in total. The topological polar surface area (TPSA) is 92.7 Å². The van der Waals surface area contributed by atoms with Gasteiger partial charge >= 0.3 is 11.9 Å². The summed E-state index contributed by atoms with van der Waals surface area (Å²) < 4.78 is 4.83. The first-order valence-corrected chi connectivity index (χ1v) is 4.78. The molecule has 0 saturated heterocycles. The fraction of sp³-hybridized carbons (Fsp3) is 0.182. The minimum absolute atomic E-state index is 0.0999. The molecule has 1 rings (SSSR count). The van der Waals surface area contributed by atoms with Crippen LogP contribution < -0.4 is 10.1 Å². The predicted octanol–water partition coefficient (Wildman–Crippen LogP) is 0.426. The van der Waals surface area contributed by atoms with Gasteiger partial charge in [-0.1, -0.05) is 12.1 Å². The third kappa shape index (κ3) is 3.94. The Kier molecular flexibility index (Phi) is 4.21. The molecule has 0 saturated carbocycles. The molecule has 0 spiro atoms. The molecule has 0 atom stereocenters. The molecule has 0 heterocycles. The van der Waals surface area contributed by atoms with Crippen molar-refractivity contribution < 1.29 is 24.2 Å². The quantitative estimate of drug-likeness (QED) is 0.585. The summed E-state index contributed by atoms with van der Waals surface area (Å²) in [5, 5.41) is 10.6. The Hall–Kier alpha value is -2.37. The molecule has 6 heteroatoms. The predicted molar refractivity (Wildman–Crippen MR) is 57.7 cm³/mol. The van der Waals surface area contributed by atoms with Crippen molar-refractivity contribution in [3.63, 3.8) is 0 Å². The van der Waals surface area contributed by atoms with Gasteiger partial charge in [0, 0.05) is 6.92 Å². The summed E-state index contributed by atoms with van der Waals surface area (Å²) >= 11 is 0. The van der Waals surface area contributed by atoms with E-state index < -0.39 is 24.4 Å². The van der Waals surface area contributed by atoms with E-state index in [9.17, 15) is 14.4 Å². The van der Waals surface area contributed by atoms with Crippen LogP contribution in [0, 0.1) is 0 Å². The Morgan fingerprint density at radius 2 is 1.94 bits per heavy atom. The maximum absolute atomic E-state index is 11.6. The zero-order valence-corrected chi connectivity index (χ0v) is 9.10. The molecule has 0 bridgehead atoms. The number of carbonyl (C=O) groups excluding carboxylic acids is 2. The van der Waals surface area contributed by atoms with Crippen LogP contribution in [0.15, 0.2) is 24.3 Å². The Balaban J connectivity index is 2.85. The normalized spacial score (nSPS) is 9.47. The lowest BCUT2D eigenvalue weighted by Gasteiger charge is -2.07. The molecule has 1 amide bonds. The van der Waals surface area contributed by atoms with Crippen molar-refractivity contribution in [1.29, 1.82) is 0 Å². The molecular weight excluding hydrogens is 226 g/mol. The van der Waals surface area contributed by atoms with Gasteiger partial charge in [-0.25, -0.2) is 0 Å². The van der Waals surface area contributed by atoms with E-state index in [1.807, 2.05) is 0 Å². The smallest absolute Gasteiger partial charge is 0.322 e. The van der Waals surface area contributed by atoms with E-state index in [-0.39, 0.29) is 11.3 Å². The standard InChI is InChI=1S/C11H11NO5/c1-7(13)17-9-5-3-2-4-8(9)11(16)12-6-10(14)15/h2-5H,6H2,1H3,(H,12,16)(H,14,15). The lowest BCUT2D eigenvalue weighted by molar-refractivity contribution is -0.136. The summed E-state index contributed by atoms with van der Waals surface area (Å²) in [6.07, 6.45) is 0. The van der Waals surface area contributed by atoms with Gasteiger partial charge in [0.25, 0.3) is 5.91 Å². The maximum atomic E-state index is 11.6. The summed E-state index contributed by atoms with van der Waals surface area (Å²) in [7, 11) is 0. The summed E-state index contributed by atoms with van der Waals surface area (Å²) in [6.45, 7) is 0.721. The second-order valence-electron chi connectivity index (χ2n) is 3.17. The largest absolute Gasteiger partial charge is 0.480 e. The van der Waals surface area contributed by atoms with Crippen LogP contribution in [0.25, 0.3) is 0 Å². The highest BCUT2D eigenvalue weighted by atomic mass is 16.5. The number of carbonyl (C=O) groups is 3. The van der Waals surface area contributed by atoms with E-state index in [0.29, 0.717) is 0 Å². The van der Waals surface area contributed by atoms with Gasteiger partial charge in [0.15, 0.2) is 0 Å². The van der Waals surface area contributed by atoms with E-state index in [0.717, 1.165) is 0 Å². The molecule has 1 aromatic carbocycles. The Labute approximate surface area is 97.2 Å². The lowest BCUT2D eigenvalue weighted by Crippen LogP contribution is -2.29. The molecule has 0 fully saturated rings. The average Bonchev–Trinajstić information content (AvgIpc) is 2.25. The van der Waals surface area contributed by atoms with Crippen LogP contribution in [0.5, 0.6) is 5.75 Å². The molecule has 1 aromatic rings. The van der Waals surface area contributed by atoms with Crippen molar-refractivity contribution in [3.8, 4) is 5.75 Å². The molecule has 2 N–H and O–H groups in total. The molecule has 0 aromatic heterocycles. The highest BCUT2D eigenvalue weighted by Gasteiger charge is 2.13. The molecule has 0 aliphatic heterocycles. The third-order valence-electron chi connectivity index (χ3n) is 1.79. The van der Waals surface area contributed by atoms with Gasteiger partial charge in [-0.2, -0.15) is 0 Å². The number of amides is 1. The van der Waals surface area contributed by atoms with Crippen molar-refractivity contribution in [2.75, 3.05) is 6.54 Å². The third-order valence-corrected chi connectivity index (χ3v) is 1.79. The molecule has 17 heavy (non-hydrogen) atoms. The van der Waals surface area contributed by atoms with E-state index >= 15 is 0 Å². The van der Waals surface area contributed by atoms with E-state index in [2.05, 4.69) is 5.32 Å². The van der Waals surface area contributed by atoms with Gasteiger partial charge in [0.05, 0.1) is 5.56 Å². The highest BCUT2D eigenvalue weighted by Crippen LogP contribution is 2.17. The van der Waals surface area contributed by atoms with Gasteiger partial charge in [0.2, 0.25) is 0 Å². The number of esters is 1. The van der Waals surface area contributed by atoms with E-state index in [4.69, 9.17) is 9.84 Å². The number of carboxylic acid groups (broad SMARTS) is 1. The summed E-state index contributed by atoms with van der Waals surface area (Å²) in [5.41, 5.74) is 0.115. The second kappa shape index (κ2) is 5.64. The van der Waals surface area contributed by atoms with Crippen LogP contribution in [-0.2, 0) is 9.59 Å². The molecule has 90 valence electrons. The lowest BCUT2D eigenvalue weighted by atomic mass is 10.2. The Bertz CT molecular complexity index is 455. The molecule has 0 aliphatic carbocycles. The molecule has 0 radical (unpaired) electrons. The van der Waals surface area contributed by atoms with Crippen molar-refractivity contribution in [1.82, 2.24) is 5.32 Å². The monoisotopic (exact) mass is 237 g/mol. The van der Waals surface area contributed by atoms with Gasteiger partial charge in [-0.3, -0.25) is 14.4 Å². The number of nitrogens with one attached hydrogen (secondary N) is 1. The number of rotatable bonds is 4. The number of benzene rings is 1. The fourth-order valence-corrected chi connectivity index (χ4v) is 1.15. The first-order valence-electron chi connectivity index (χ1n) is 4.78. The summed E-state index contributed by atoms with van der Waals surface area (Å²) in [4.78, 5) is 32.7. The highest BCUT2D eigenvalue weighted by molar-refractivity contribution is 5.98. The van der Waals surface area contributed by atoms with Crippen molar-refractivity contribution in [3.05, 3.63) is 29.8 Å². The summed E-state index contributed by atoms with van der Waals surface area (Å²) in [5.74, 6) is -2.21. The minimum Gasteiger partial charge on any atom is -0.480 e. The Morgan fingerprint density at radius 1 is 1.29 bits per heavy atom. The van der Waals surface area contributed by atoms with Gasteiger partial charge in [-0.05, 0) is 12.1 Å². The first-order chi connectivity index (χ1) is 8.00. The number of aliphatic carboxylic acids is 1. The molecule has 0 unspecified atom stereocenters. The zero-order valence-electron chi connectivity index (χ0n) is 9.10. The van der Waals surface area contributed by atoms with Crippen molar-refractivity contribution in [2.24, 2.45) is 0 Å². The van der Waals surface area contributed by atoms with Gasteiger partial charge in [0.1, 0.15) is 12.3 Å². The van der Waals surface area contributed by atoms with Crippen LogP contribution in [0.4, 0.5) is 0 Å². The minimum atomic E-state index is -1.15. The second-order valence-corrected chi connectivity index (χ2v) is 3.17. The number of ether oxygens (including phenoxy) is 1. The SMILES string of the molecule is CC(=O)Oc1ccccc1C(=O)NCC(=O)O. The average molecular weight is 237 g/mol. The van der Waals surface area contributed by atoms with Gasteiger partial charge in [-0.15, -0.1) is 0 Å². The van der Waals surface area contributed by atoms with Crippen LogP contribution in [0.3, 0.4) is 0 Å². The van der Waals surface area contributed by atoms with Crippen LogP contribution >= 0.6 is 0 Å². The number of para-hydroxylation sites is 1. The van der Waals surface area contributed by atoms with Crippen molar-refractivity contribution in [2.45, 2.75) is 6.92 Å². The Morgan fingerprint density at radius 3 is 2.53 bits per heavy atom. The van der Waals surface area contributed by atoms with Crippen molar-refractivity contribution >= 4 is 17.8 Å². The van der Waals surface area contributed by atoms with E-state index in [1.165, 1.54) is 19.1 Å². The fourth-order valence-electron chi connectivity index (χ4n) is 1.15. The van der Waals surface area contributed by atoms with Gasteiger partial charge < -0.3 is 15.2 Å². The molecular formula is C11H11NO5. The maximum Gasteiger partial charge on any atom is 0.322 e. The number of carboxylic acids is 1. The number of hydrogen-bond donors (Lipinski definition) is 2. The van der Waals surface area contributed by atoms with Crippen LogP contribution in [-0.4, -0.2) is 29.5 Å².